The minimum absolute atomic E-state index is 0.00498. The van der Waals surface area contributed by atoms with Crippen LogP contribution < -0.4 is 10.2 Å². The molecule has 1 aromatic heterocycles. The van der Waals surface area contributed by atoms with Crippen molar-refractivity contribution in [3.05, 3.63) is 65.9 Å². The molecule has 0 bridgehead atoms. The largest absolute Gasteiger partial charge is 0.388 e. The highest BCUT2D eigenvalue weighted by Gasteiger charge is 2.11. The molecule has 1 aliphatic rings. The Morgan fingerprint density at radius 1 is 1.10 bits per heavy atom. The number of morpholine rings is 1. The molecule has 0 aliphatic carbocycles. The first-order valence-corrected chi connectivity index (χ1v) is 10.7. The van der Waals surface area contributed by atoms with Crippen molar-refractivity contribution in [3.8, 4) is 0 Å². The van der Waals surface area contributed by atoms with E-state index < -0.39 is 0 Å². The predicted octanol–water partition coefficient (Wildman–Crippen LogP) is 4.40. The van der Waals surface area contributed by atoms with E-state index in [1.165, 1.54) is 16.6 Å². The number of fused-ring (bicyclic) bond motifs is 1. The Kier molecular flexibility index (Phi) is 10.6. The standard InChI is InChI=1S/C14H20N2O2.C9H9N.C2H6O/c1-2-7-15-14(17)12-3-5-13(6-4-12)16-8-10-18-11-9-16;1-7-6-8-4-2-3-5-9(8)10-7;1-3-2/h3-6H,2,7-11H2,1H3,(H,15,17);2-6,10H,1H3;1-2H3. The Balaban J connectivity index is 0.000000219. The number of benzene rings is 2. The van der Waals surface area contributed by atoms with Gasteiger partial charge in [-0.15, -0.1) is 0 Å². The first kappa shape index (κ1) is 24.4. The lowest BCUT2D eigenvalue weighted by molar-refractivity contribution is 0.0953. The van der Waals surface area contributed by atoms with E-state index in [1.54, 1.807) is 14.2 Å². The third-order valence-corrected chi connectivity index (χ3v) is 4.71. The molecule has 2 aromatic carbocycles. The molecule has 6 nitrogen and oxygen atoms in total. The van der Waals surface area contributed by atoms with Crippen molar-refractivity contribution >= 4 is 22.5 Å². The summed E-state index contributed by atoms with van der Waals surface area (Å²) in [6.07, 6.45) is 0.956. The number of nitrogens with one attached hydrogen (secondary N) is 2. The number of aromatic amines is 1. The molecule has 0 radical (unpaired) electrons. The highest BCUT2D eigenvalue weighted by Crippen LogP contribution is 2.16. The van der Waals surface area contributed by atoms with Crippen LogP contribution in [0.25, 0.3) is 10.9 Å². The lowest BCUT2D eigenvalue weighted by Gasteiger charge is -2.28. The number of aromatic nitrogens is 1. The van der Waals surface area contributed by atoms with E-state index in [4.69, 9.17) is 4.74 Å². The number of H-pyrrole nitrogens is 1. The maximum Gasteiger partial charge on any atom is 0.251 e. The van der Waals surface area contributed by atoms with Crippen molar-refractivity contribution in [1.29, 1.82) is 0 Å². The van der Waals surface area contributed by atoms with Crippen LogP contribution >= 0.6 is 0 Å². The van der Waals surface area contributed by atoms with Gasteiger partial charge in [-0.05, 0) is 55.1 Å². The zero-order chi connectivity index (χ0) is 22.5. The summed E-state index contributed by atoms with van der Waals surface area (Å²) in [5.41, 5.74) is 4.33. The summed E-state index contributed by atoms with van der Waals surface area (Å²) < 4.78 is 9.57. The topological polar surface area (TPSA) is 66.6 Å². The Hall–Kier alpha value is -2.83. The van der Waals surface area contributed by atoms with Crippen LogP contribution in [0, 0.1) is 6.92 Å². The highest BCUT2D eigenvalue weighted by molar-refractivity contribution is 5.94. The molecule has 3 aromatic rings. The molecule has 0 atom stereocenters. The van der Waals surface area contributed by atoms with Crippen molar-refractivity contribution < 1.29 is 14.3 Å². The van der Waals surface area contributed by atoms with Crippen LogP contribution in [-0.2, 0) is 9.47 Å². The number of hydrogen-bond acceptors (Lipinski definition) is 4. The van der Waals surface area contributed by atoms with E-state index in [0.29, 0.717) is 0 Å². The van der Waals surface area contributed by atoms with Crippen molar-refractivity contribution in [3.63, 3.8) is 0 Å². The first-order chi connectivity index (χ1) is 15.1. The Labute approximate surface area is 185 Å². The fourth-order valence-corrected chi connectivity index (χ4v) is 3.20. The first-order valence-electron chi connectivity index (χ1n) is 10.7. The molecule has 0 saturated carbocycles. The van der Waals surface area contributed by atoms with E-state index in [-0.39, 0.29) is 5.91 Å². The van der Waals surface area contributed by atoms with Gasteiger partial charge in [0.25, 0.3) is 5.91 Å². The number of para-hydroxylation sites is 1. The molecular formula is C25H35N3O3. The molecule has 4 rings (SSSR count). The van der Waals surface area contributed by atoms with Crippen molar-refractivity contribution in [2.24, 2.45) is 0 Å². The number of aryl methyl sites for hydroxylation is 1. The van der Waals surface area contributed by atoms with Gasteiger partial charge in [-0.3, -0.25) is 4.79 Å². The lowest BCUT2D eigenvalue weighted by atomic mass is 10.1. The van der Waals surface area contributed by atoms with Gasteiger partial charge in [0.05, 0.1) is 13.2 Å². The Morgan fingerprint density at radius 3 is 2.35 bits per heavy atom. The number of anilines is 1. The van der Waals surface area contributed by atoms with Crippen LogP contribution in [0.1, 0.15) is 29.4 Å². The Morgan fingerprint density at radius 2 is 1.74 bits per heavy atom. The minimum atomic E-state index is 0.00498. The summed E-state index contributed by atoms with van der Waals surface area (Å²) in [5, 5.41) is 4.17. The molecule has 1 aliphatic heterocycles. The van der Waals surface area contributed by atoms with Gasteiger partial charge in [-0.1, -0.05) is 25.1 Å². The molecule has 6 heteroatoms. The van der Waals surface area contributed by atoms with Crippen LogP contribution in [-0.4, -0.2) is 58.0 Å². The number of ether oxygens (including phenoxy) is 2. The van der Waals surface area contributed by atoms with Crippen LogP contribution in [0.2, 0.25) is 0 Å². The molecule has 2 N–H and O–H groups in total. The number of rotatable bonds is 4. The van der Waals surface area contributed by atoms with Crippen LogP contribution in [0.4, 0.5) is 5.69 Å². The Bertz CT molecular complexity index is 867. The number of carbonyl (C=O) groups is 1. The zero-order valence-corrected chi connectivity index (χ0v) is 19.1. The SMILES string of the molecule is CCCNC(=O)c1ccc(N2CCOCC2)cc1.COC.Cc1cc2ccccc2[nH]1. The van der Waals surface area contributed by atoms with Crippen molar-refractivity contribution in [2.45, 2.75) is 20.3 Å². The van der Waals surface area contributed by atoms with E-state index in [1.807, 2.05) is 37.3 Å². The van der Waals surface area contributed by atoms with Gasteiger partial charge in [-0.2, -0.15) is 0 Å². The molecule has 1 fully saturated rings. The third kappa shape index (κ3) is 8.07. The van der Waals surface area contributed by atoms with E-state index >= 15 is 0 Å². The van der Waals surface area contributed by atoms with Crippen molar-refractivity contribution in [1.82, 2.24) is 10.3 Å². The highest BCUT2D eigenvalue weighted by atomic mass is 16.5. The quantitative estimate of drug-likeness (QED) is 0.650. The van der Waals surface area contributed by atoms with Gasteiger partial charge >= 0.3 is 0 Å². The fourth-order valence-electron chi connectivity index (χ4n) is 3.20. The average Bonchev–Trinajstić information content (AvgIpc) is 3.19. The van der Waals surface area contributed by atoms with Gasteiger partial charge in [0, 0.05) is 56.3 Å². The van der Waals surface area contributed by atoms with Gasteiger partial charge in [0.1, 0.15) is 0 Å². The summed E-state index contributed by atoms with van der Waals surface area (Å²) in [4.78, 5) is 17.3. The number of amides is 1. The predicted molar refractivity (Wildman–Crippen MR) is 128 cm³/mol. The summed E-state index contributed by atoms with van der Waals surface area (Å²) in [7, 11) is 3.25. The fraction of sp³-hybridized carbons (Fsp3) is 0.400. The summed E-state index contributed by atoms with van der Waals surface area (Å²) in [5.74, 6) is 0.00498. The second-order valence-corrected chi connectivity index (χ2v) is 7.35. The monoisotopic (exact) mass is 425 g/mol. The number of methoxy groups -OCH3 is 1. The average molecular weight is 426 g/mol. The summed E-state index contributed by atoms with van der Waals surface area (Å²) in [6.45, 7) is 8.23. The molecule has 0 spiro atoms. The second-order valence-electron chi connectivity index (χ2n) is 7.35. The maximum absolute atomic E-state index is 11.7. The third-order valence-electron chi connectivity index (χ3n) is 4.71. The van der Waals surface area contributed by atoms with Crippen LogP contribution in [0.3, 0.4) is 0 Å². The number of nitrogens with zero attached hydrogens (tertiary/aromatic N) is 1. The lowest BCUT2D eigenvalue weighted by Crippen LogP contribution is -2.36. The normalized spacial score (nSPS) is 13.0. The smallest absolute Gasteiger partial charge is 0.251 e. The molecule has 31 heavy (non-hydrogen) atoms. The second kappa shape index (κ2) is 13.5. The zero-order valence-electron chi connectivity index (χ0n) is 19.1. The minimum Gasteiger partial charge on any atom is -0.388 e. The maximum atomic E-state index is 11.7. The van der Waals surface area contributed by atoms with Gasteiger partial charge in [0.15, 0.2) is 0 Å². The molecule has 0 unspecified atom stereocenters. The van der Waals surface area contributed by atoms with E-state index in [0.717, 1.165) is 50.5 Å². The van der Waals surface area contributed by atoms with Gasteiger partial charge in [-0.25, -0.2) is 0 Å². The molecule has 1 amide bonds. The van der Waals surface area contributed by atoms with Gasteiger partial charge < -0.3 is 24.7 Å². The molecule has 1 saturated heterocycles. The van der Waals surface area contributed by atoms with Gasteiger partial charge in [0.2, 0.25) is 0 Å². The summed E-state index contributed by atoms with van der Waals surface area (Å²) in [6, 6.07) is 18.2. The molecule has 168 valence electrons. The summed E-state index contributed by atoms with van der Waals surface area (Å²) >= 11 is 0. The molecule has 2 heterocycles. The van der Waals surface area contributed by atoms with Crippen LogP contribution in [0.15, 0.2) is 54.6 Å². The van der Waals surface area contributed by atoms with Crippen molar-refractivity contribution in [2.75, 3.05) is 52.0 Å². The van der Waals surface area contributed by atoms with E-state index in [9.17, 15) is 4.79 Å². The number of carbonyl (C=O) groups excluding carboxylic acids is 1. The van der Waals surface area contributed by atoms with E-state index in [2.05, 4.69) is 51.1 Å². The number of hydrogen-bond donors (Lipinski definition) is 2. The van der Waals surface area contributed by atoms with Crippen LogP contribution in [0.5, 0.6) is 0 Å². The molecular weight excluding hydrogens is 390 g/mol.